The van der Waals surface area contributed by atoms with Gasteiger partial charge in [0.15, 0.2) is 0 Å². The number of carboxylic acid groups (broad SMARTS) is 1. The molecular weight excluding hydrogens is 282 g/mol. The summed E-state index contributed by atoms with van der Waals surface area (Å²) < 4.78 is 0. The fraction of sp³-hybridized carbons (Fsp3) is 0.375. The number of aryl methyl sites for hydroxylation is 2. The van der Waals surface area contributed by atoms with Crippen LogP contribution < -0.4 is 5.32 Å². The van der Waals surface area contributed by atoms with Gasteiger partial charge in [0, 0.05) is 11.9 Å². The Balaban J connectivity index is 1.85. The maximum atomic E-state index is 11.0. The van der Waals surface area contributed by atoms with Gasteiger partial charge in [0.25, 0.3) is 0 Å². The molecule has 3 N–H and O–H groups in total. The molecule has 2 unspecified atom stereocenters. The third-order valence-electron chi connectivity index (χ3n) is 4.06. The van der Waals surface area contributed by atoms with Crippen LogP contribution in [0.4, 0.5) is 10.6 Å². The minimum absolute atomic E-state index is 0.124. The van der Waals surface area contributed by atoms with E-state index in [2.05, 4.69) is 16.4 Å². The second kappa shape index (κ2) is 5.46. The number of nitrogens with one attached hydrogen (secondary N) is 1. The average molecular weight is 301 g/mol. The highest BCUT2D eigenvalue weighted by Crippen LogP contribution is 2.23. The van der Waals surface area contributed by atoms with Gasteiger partial charge in [-0.2, -0.15) is 0 Å². The molecule has 0 saturated carbocycles. The summed E-state index contributed by atoms with van der Waals surface area (Å²) in [7, 11) is 0. The maximum absolute atomic E-state index is 11.0. The molecule has 0 aliphatic carbocycles. The number of hydrogen-bond donors (Lipinski definition) is 3. The molecule has 116 valence electrons. The van der Waals surface area contributed by atoms with E-state index in [0.29, 0.717) is 5.82 Å². The van der Waals surface area contributed by atoms with E-state index >= 15 is 0 Å². The Kier molecular flexibility index (Phi) is 3.62. The van der Waals surface area contributed by atoms with Gasteiger partial charge in [0.1, 0.15) is 5.82 Å². The smallest absolute Gasteiger partial charge is 0.407 e. The van der Waals surface area contributed by atoms with E-state index < -0.39 is 12.2 Å². The van der Waals surface area contributed by atoms with Crippen LogP contribution in [0.2, 0.25) is 0 Å². The zero-order valence-electron chi connectivity index (χ0n) is 12.6. The lowest BCUT2D eigenvalue weighted by atomic mass is 10.1. The van der Waals surface area contributed by atoms with Crippen molar-refractivity contribution >= 4 is 22.8 Å². The van der Waals surface area contributed by atoms with Crippen molar-refractivity contribution in [3.8, 4) is 0 Å². The first-order valence-corrected chi connectivity index (χ1v) is 7.24. The molecule has 0 radical (unpaired) electrons. The average Bonchev–Trinajstić information content (AvgIpc) is 2.81. The number of nitrogens with zero attached hydrogens (tertiary/aromatic N) is 2. The first-order chi connectivity index (χ1) is 10.4. The summed E-state index contributed by atoms with van der Waals surface area (Å²) in [6, 6.07) is 7.66. The van der Waals surface area contributed by atoms with Gasteiger partial charge in [-0.15, -0.1) is 0 Å². The van der Waals surface area contributed by atoms with E-state index in [1.807, 2.05) is 32.0 Å². The van der Waals surface area contributed by atoms with E-state index in [0.717, 1.165) is 16.5 Å². The van der Waals surface area contributed by atoms with Gasteiger partial charge in [-0.05, 0) is 37.6 Å². The van der Waals surface area contributed by atoms with Crippen LogP contribution in [0.3, 0.4) is 0 Å². The summed E-state index contributed by atoms with van der Waals surface area (Å²) in [5.74, 6) is 0.658. The molecule has 1 aliphatic heterocycles. The topological polar surface area (TPSA) is 85.7 Å². The summed E-state index contributed by atoms with van der Waals surface area (Å²) in [4.78, 5) is 16.7. The Morgan fingerprint density at radius 2 is 2.09 bits per heavy atom. The molecule has 6 nitrogen and oxygen atoms in total. The minimum Gasteiger partial charge on any atom is -0.465 e. The Labute approximate surface area is 128 Å². The summed E-state index contributed by atoms with van der Waals surface area (Å²) >= 11 is 0. The van der Waals surface area contributed by atoms with Crippen molar-refractivity contribution in [1.29, 1.82) is 0 Å². The number of hydrogen-bond acceptors (Lipinski definition) is 4. The van der Waals surface area contributed by atoms with Crippen LogP contribution in [0.15, 0.2) is 24.3 Å². The number of aliphatic hydroxyl groups is 1. The molecule has 22 heavy (non-hydrogen) atoms. The number of fused-ring (bicyclic) bond motifs is 1. The number of aromatic nitrogens is 1. The minimum atomic E-state index is -1.01. The molecular formula is C16H19N3O3. The largest absolute Gasteiger partial charge is 0.465 e. The zero-order chi connectivity index (χ0) is 15.9. The Hall–Kier alpha value is -2.34. The van der Waals surface area contributed by atoms with Crippen LogP contribution in [0.1, 0.15) is 11.1 Å². The molecule has 1 aromatic heterocycles. The molecule has 2 heterocycles. The molecule has 3 rings (SSSR count). The first kappa shape index (κ1) is 14.6. The molecule has 0 bridgehead atoms. The van der Waals surface area contributed by atoms with Crippen molar-refractivity contribution in [1.82, 2.24) is 9.88 Å². The highest BCUT2D eigenvalue weighted by Gasteiger charge is 2.34. The number of benzene rings is 1. The lowest BCUT2D eigenvalue weighted by molar-refractivity contribution is 0.139. The van der Waals surface area contributed by atoms with Gasteiger partial charge in [-0.25, -0.2) is 9.78 Å². The van der Waals surface area contributed by atoms with Gasteiger partial charge < -0.3 is 20.4 Å². The molecule has 1 aliphatic rings. The van der Waals surface area contributed by atoms with Gasteiger partial charge in [-0.3, -0.25) is 0 Å². The Morgan fingerprint density at radius 1 is 1.32 bits per heavy atom. The predicted molar refractivity (Wildman–Crippen MR) is 84.2 cm³/mol. The van der Waals surface area contributed by atoms with Crippen molar-refractivity contribution < 1.29 is 15.0 Å². The van der Waals surface area contributed by atoms with Gasteiger partial charge in [-0.1, -0.05) is 11.6 Å². The SMILES string of the molecule is Cc1ccc2nc(NC3CN(C(=O)O)CC3O)cc(C)c2c1. The molecule has 2 atom stereocenters. The molecule has 6 heteroatoms. The lowest BCUT2D eigenvalue weighted by Gasteiger charge is -2.17. The standard InChI is InChI=1S/C16H19N3O3/c1-9-3-4-12-11(5-9)10(2)6-15(17-12)18-13-7-19(16(21)22)8-14(13)20/h3-6,13-14,20H,7-8H2,1-2H3,(H,17,18)(H,21,22). The number of pyridine rings is 1. The molecule has 1 fully saturated rings. The van der Waals surface area contributed by atoms with E-state index in [9.17, 15) is 9.90 Å². The summed E-state index contributed by atoms with van der Waals surface area (Å²) in [6.07, 6.45) is -1.74. The van der Waals surface area contributed by atoms with Gasteiger partial charge in [0.2, 0.25) is 0 Å². The number of anilines is 1. The predicted octanol–water partition coefficient (Wildman–Crippen LogP) is 1.99. The van der Waals surface area contributed by atoms with Crippen molar-refractivity contribution in [2.45, 2.75) is 26.0 Å². The molecule has 2 aromatic rings. The van der Waals surface area contributed by atoms with Crippen LogP contribution in [-0.4, -0.2) is 51.4 Å². The number of β-amino-alcohol motifs (C(OH)–C–C–N with tert-alkyl or cyclic N) is 1. The van der Waals surface area contributed by atoms with E-state index in [-0.39, 0.29) is 19.1 Å². The fourth-order valence-corrected chi connectivity index (χ4v) is 2.86. The van der Waals surface area contributed by atoms with Crippen molar-refractivity contribution in [2.75, 3.05) is 18.4 Å². The van der Waals surface area contributed by atoms with Crippen LogP contribution in [-0.2, 0) is 0 Å². The fourth-order valence-electron chi connectivity index (χ4n) is 2.86. The molecule has 1 aromatic carbocycles. The Bertz CT molecular complexity index is 732. The second-order valence-electron chi connectivity index (χ2n) is 5.85. The third-order valence-corrected chi connectivity index (χ3v) is 4.06. The monoisotopic (exact) mass is 301 g/mol. The van der Waals surface area contributed by atoms with Crippen molar-refractivity contribution in [2.24, 2.45) is 0 Å². The van der Waals surface area contributed by atoms with Crippen molar-refractivity contribution in [3.63, 3.8) is 0 Å². The maximum Gasteiger partial charge on any atom is 0.407 e. The van der Waals surface area contributed by atoms with Gasteiger partial charge in [0.05, 0.1) is 24.2 Å². The third kappa shape index (κ3) is 2.69. The van der Waals surface area contributed by atoms with Crippen LogP contribution >= 0.6 is 0 Å². The first-order valence-electron chi connectivity index (χ1n) is 7.24. The molecule has 1 amide bonds. The van der Waals surface area contributed by atoms with E-state index in [4.69, 9.17) is 5.11 Å². The molecule has 0 spiro atoms. The van der Waals surface area contributed by atoms with Crippen LogP contribution in [0, 0.1) is 13.8 Å². The zero-order valence-corrected chi connectivity index (χ0v) is 12.6. The highest BCUT2D eigenvalue weighted by molar-refractivity contribution is 5.84. The van der Waals surface area contributed by atoms with E-state index in [1.165, 1.54) is 10.5 Å². The summed E-state index contributed by atoms with van der Waals surface area (Å²) in [5, 5.41) is 23.2. The quantitative estimate of drug-likeness (QED) is 0.790. The number of carbonyl (C=O) groups is 1. The van der Waals surface area contributed by atoms with Crippen molar-refractivity contribution in [3.05, 3.63) is 35.4 Å². The summed E-state index contributed by atoms with van der Waals surface area (Å²) in [5.41, 5.74) is 3.16. The van der Waals surface area contributed by atoms with Gasteiger partial charge >= 0.3 is 6.09 Å². The molecule has 1 saturated heterocycles. The van der Waals surface area contributed by atoms with Crippen LogP contribution in [0.5, 0.6) is 0 Å². The second-order valence-corrected chi connectivity index (χ2v) is 5.85. The lowest BCUT2D eigenvalue weighted by Crippen LogP contribution is -2.32. The number of likely N-dealkylation sites (tertiary alicyclic amines) is 1. The number of amides is 1. The van der Waals surface area contributed by atoms with E-state index in [1.54, 1.807) is 0 Å². The summed E-state index contributed by atoms with van der Waals surface area (Å²) in [6.45, 7) is 4.44. The Morgan fingerprint density at radius 3 is 2.77 bits per heavy atom. The van der Waals surface area contributed by atoms with Crippen LogP contribution in [0.25, 0.3) is 10.9 Å². The number of rotatable bonds is 2. The number of aliphatic hydroxyl groups excluding tert-OH is 1. The normalized spacial score (nSPS) is 21.3. The highest BCUT2D eigenvalue weighted by atomic mass is 16.4.